The lowest BCUT2D eigenvalue weighted by Crippen LogP contribution is -2.59. The molecule has 0 aliphatic carbocycles. The normalized spacial score (nSPS) is 17.7. The summed E-state index contributed by atoms with van der Waals surface area (Å²) in [5, 5.41) is 37.9. The first kappa shape index (κ1) is 35.9. The number of carboxylic acids is 1. The van der Waals surface area contributed by atoms with Crippen molar-refractivity contribution in [1.29, 1.82) is 0 Å². The van der Waals surface area contributed by atoms with Crippen molar-refractivity contribution in [3.63, 3.8) is 0 Å². The molecule has 0 radical (unpaired) electrons. The number of hydrogen-bond acceptors (Lipinski definition) is 8. The number of carboxylic acid groups (broad SMARTS) is 1. The molecule has 0 saturated carbocycles. The fourth-order valence-corrected chi connectivity index (χ4v) is 5.78. The molecule has 258 valence electrons. The number of aromatic nitrogens is 1. The molecule has 14 nitrogen and oxygen atoms in total. The van der Waals surface area contributed by atoms with Crippen molar-refractivity contribution in [2.24, 2.45) is 11.7 Å². The van der Waals surface area contributed by atoms with Crippen molar-refractivity contribution in [2.75, 3.05) is 6.54 Å². The second kappa shape index (κ2) is 15.8. The molecule has 6 unspecified atom stereocenters. The molecule has 0 spiro atoms. The third kappa shape index (κ3) is 8.69. The van der Waals surface area contributed by atoms with Gasteiger partial charge in [0.1, 0.15) is 23.9 Å². The van der Waals surface area contributed by atoms with Gasteiger partial charge in [-0.3, -0.25) is 19.2 Å². The zero-order valence-corrected chi connectivity index (χ0v) is 27.2. The number of carbonyl (C=O) groups is 5. The van der Waals surface area contributed by atoms with Gasteiger partial charge in [-0.15, -0.1) is 0 Å². The van der Waals surface area contributed by atoms with Gasteiger partial charge in [0, 0.05) is 36.5 Å². The molecule has 6 atom stereocenters. The number of aliphatic hydroxyl groups excluding tert-OH is 1. The highest BCUT2D eigenvalue weighted by Gasteiger charge is 2.40. The van der Waals surface area contributed by atoms with Crippen LogP contribution in [0.4, 0.5) is 0 Å². The second-order valence-electron chi connectivity index (χ2n) is 12.6. The molecular formula is C34H44N6O8. The van der Waals surface area contributed by atoms with Gasteiger partial charge < -0.3 is 46.9 Å². The number of benzene rings is 2. The van der Waals surface area contributed by atoms with Crippen LogP contribution in [0.5, 0.6) is 5.75 Å². The van der Waals surface area contributed by atoms with Gasteiger partial charge in [0.2, 0.25) is 23.6 Å². The predicted molar refractivity (Wildman–Crippen MR) is 176 cm³/mol. The smallest absolute Gasteiger partial charge is 0.328 e. The van der Waals surface area contributed by atoms with Crippen LogP contribution >= 0.6 is 0 Å². The molecule has 2 heterocycles. The van der Waals surface area contributed by atoms with Gasteiger partial charge in [-0.1, -0.05) is 44.2 Å². The number of phenols is 1. The topological polar surface area (TPSA) is 227 Å². The highest BCUT2D eigenvalue weighted by molar-refractivity contribution is 5.96. The van der Waals surface area contributed by atoms with E-state index in [2.05, 4.69) is 20.9 Å². The summed E-state index contributed by atoms with van der Waals surface area (Å²) in [7, 11) is 0. The van der Waals surface area contributed by atoms with Crippen LogP contribution in [0.2, 0.25) is 0 Å². The van der Waals surface area contributed by atoms with Gasteiger partial charge in [-0.25, -0.2) is 4.79 Å². The molecule has 1 aliphatic rings. The Hall–Kier alpha value is -4.95. The van der Waals surface area contributed by atoms with Crippen LogP contribution in [-0.2, 0) is 36.8 Å². The summed E-state index contributed by atoms with van der Waals surface area (Å²) in [6, 6.07) is 7.74. The zero-order valence-electron chi connectivity index (χ0n) is 27.2. The minimum absolute atomic E-state index is 0.0129. The van der Waals surface area contributed by atoms with E-state index in [-0.39, 0.29) is 37.5 Å². The number of phenolic OH excluding ortho intramolecular Hbond substituents is 1. The molecule has 14 heteroatoms. The number of fused-ring (bicyclic) bond motifs is 1. The third-order valence-electron chi connectivity index (χ3n) is 8.63. The number of nitrogens with one attached hydrogen (secondary N) is 4. The summed E-state index contributed by atoms with van der Waals surface area (Å²) < 4.78 is 0. The van der Waals surface area contributed by atoms with E-state index < -0.39 is 65.9 Å². The monoisotopic (exact) mass is 664 g/mol. The summed E-state index contributed by atoms with van der Waals surface area (Å²) >= 11 is 0. The molecule has 1 saturated heterocycles. The lowest BCUT2D eigenvalue weighted by molar-refractivity contribution is -0.145. The van der Waals surface area contributed by atoms with Crippen molar-refractivity contribution in [3.8, 4) is 5.75 Å². The minimum atomic E-state index is -1.62. The molecule has 4 amide bonds. The van der Waals surface area contributed by atoms with Crippen LogP contribution in [0.3, 0.4) is 0 Å². The van der Waals surface area contributed by atoms with Crippen LogP contribution in [0.1, 0.15) is 44.7 Å². The van der Waals surface area contributed by atoms with Gasteiger partial charge in [-0.05, 0) is 55.0 Å². The van der Waals surface area contributed by atoms with Crippen molar-refractivity contribution in [3.05, 3.63) is 65.9 Å². The summed E-state index contributed by atoms with van der Waals surface area (Å²) in [5.74, 6) is -4.09. The Morgan fingerprint density at radius 3 is 2.27 bits per heavy atom. The minimum Gasteiger partial charge on any atom is -0.508 e. The number of hydrogen-bond donors (Lipinski definition) is 8. The van der Waals surface area contributed by atoms with E-state index in [1.165, 1.54) is 24.0 Å². The van der Waals surface area contributed by atoms with E-state index in [0.29, 0.717) is 17.5 Å². The van der Waals surface area contributed by atoms with Gasteiger partial charge >= 0.3 is 5.97 Å². The van der Waals surface area contributed by atoms with Crippen LogP contribution in [0.25, 0.3) is 10.9 Å². The number of amides is 4. The molecule has 3 aromatic rings. The second-order valence-corrected chi connectivity index (χ2v) is 12.6. The Morgan fingerprint density at radius 2 is 1.62 bits per heavy atom. The van der Waals surface area contributed by atoms with Gasteiger partial charge in [0.25, 0.3) is 0 Å². The number of H-pyrrole nitrogens is 1. The Kier molecular flexibility index (Phi) is 11.8. The number of rotatable bonds is 14. The average Bonchev–Trinajstić information content (AvgIpc) is 3.70. The van der Waals surface area contributed by atoms with Gasteiger partial charge in [-0.2, -0.15) is 0 Å². The van der Waals surface area contributed by atoms with Crippen molar-refractivity contribution in [2.45, 2.75) is 82.8 Å². The van der Waals surface area contributed by atoms with Crippen LogP contribution in [0.15, 0.2) is 54.7 Å². The maximum Gasteiger partial charge on any atom is 0.328 e. The molecule has 1 fully saturated rings. The van der Waals surface area contributed by atoms with Gasteiger partial charge in [0.15, 0.2) is 6.04 Å². The lowest BCUT2D eigenvalue weighted by atomic mass is 10.0. The molecule has 4 rings (SSSR count). The van der Waals surface area contributed by atoms with Crippen molar-refractivity contribution in [1.82, 2.24) is 25.8 Å². The van der Waals surface area contributed by atoms with E-state index in [4.69, 9.17) is 5.73 Å². The largest absolute Gasteiger partial charge is 0.508 e. The Morgan fingerprint density at radius 1 is 0.938 bits per heavy atom. The number of para-hydroxylation sites is 1. The van der Waals surface area contributed by atoms with Crippen LogP contribution in [-0.4, -0.2) is 97.7 Å². The molecule has 1 aliphatic heterocycles. The molecule has 1 aromatic heterocycles. The van der Waals surface area contributed by atoms with E-state index in [1.54, 1.807) is 32.2 Å². The molecule has 48 heavy (non-hydrogen) atoms. The number of aliphatic hydroxyl groups is 1. The average molecular weight is 665 g/mol. The highest BCUT2D eigenvalue weighted by Crippen LogP contribution is 2.23. The molecule has 0 bridgehead atoms. The number of aromatic amines is 1. The number of nitrogens with two attached hydrogens (primary N) is 1. The Labute approximate surface area is 278 Å². The van der Waals surface area contributed by atoms with E-state index in [1.807, 2.05) is 24.3 Å². The number of likely N-dealkylation sites (tertiary alicyclic amines) is 1. The van der Waals surface area contributed by atoms with Gasteiger partial charge in [0.05, 0.1) is 12.1 Å². The number of aliphatic carboxylic acids is 1. The predicted octanol–water partition coefficient (Wildman–Crippen LogP) is 0.553. The molecule has 2 aromatic carbocycles. The first-order valence-corrected chi connectivity index (χ1v) is 16.0. The SMILES string of the molecule is CC(C)C(N)C(=O)NC(Cc1ccc(O)cc1)C(=O)N1CCCC1C(=O)NC(Cc1c[nH]c2ccccc12)C(=O)NC(C(=O)O)C(C)O. The quantitative estimate of drug-likeness (QED) is 0.120. The third-order valence-corrected chi connectivity index (χ3v) is 8.63. The number of carbonyl (C=O) groups excluding carboxylic acids is 4. The Balaban J connectivity index is 1.58. The summed E-state index contributed by atoms with van der Waals surface area (Å²) in [5.41, 5.74) is 8.22. The van der Waals surface area contributed by atoms with E-state index in [0.717, 1.165) is 10.9 Å². The molecular weight excluding hydrogens is 620 g/mol. The Bertz CT molecular complexity index is 1620. The molecule has 9 N–H and O–H groups in total. The highest BCUT2D eigenvalue weighted by atomic mass is 16.4. The summed E-state index contributed by atoms with van der Waals surface area (Å²) in [6.07, 6.45) is 1.12. The lowest BCUT2D eigenvalue weighted by Gasteiger charge is -2.31. The van der Waals surface area contributed by atoms with Crippen molar-refractivity contribution >= 4 is 40.5 Å². The maximum atomic E-state index is 14.0. The fourth-order valence-electron chi connectivity index (χ4n) is 5.78. The standard InChI is InChI=1S/C34H44N6O8/c1-18(2)28(35)32(45)38-26(15-20-10-12-22(42)13-11-20)33(46)40-14-6-9-27(40)31(44)37-25(30(43)39-29(19(3)41)34(47)48)16-21-17-36-24-8-5-4-7-23(21)24/h4-5,7-8,10-13,17-19,25-29,36,41-42H,6,9,14-16,35H2,1-3H3,(H,37,44)(H,38,45)(H,39,43)(H,47,48). The van der Waals surface area contributed by atoms with Crippen molar-refractivity contribution < 1.29 is 39.3 Å². The van der Waals surface area contributed by atoms with E-state index >= 15 is 0 Å². The summed E-state index contributed by atoms with van der Waals surface area (Å²) in [6.45, 7) is 5.02. The summed E-state index contributed by atoms with van der Waals surface area (Å²) in [4.78, 5) is 70.6. The first-order valence-electron chi connectivity index (χ1n) is 16.0. The van der Waals surface area contributed by atoms with Crippen LogP contribution < -0.4 is 21.7 Å². The number of aromatic hydroxyl groups is 1. The fraction of sp³-hybridized carbons (Fsp3) is 0.441. The zero-order chi connectivity index (χ0) is 35.1. The van der Waals surface area contributed by atoms with Crippen LogP contribution in [0, 0.1) is 5.92 Å². The maximum absolute atomic E-state index is 14.0. The first-order chi connectivity index (χ1) is 22.8. The number of nitrogens with zero attached hydrogens (tertiary/aromatic N) is 1. The van der Waals surface area contributed by atoms with E-state index in [9.17, 15) is 39.3 Å².